The third-order valence-electron chi connectivity index (χ3n) is 7.50. The summed E-state index contributed by atoms with van der Waals surface area (Å²) < 4.78 is 4.44. The summed E-state index contributed by atoms with van der Waals surface area (Å²) in [6.45, 7) is 0. The summed E-state index contributed by atoms with van der Waals surface area (Å²) in [5.74, 6) is 0.605. The molecule has 0 amide bonds. The highest BCUT2D eigenvalue weighted by Gasteiger charge is 2.16. The molecule has 5 heteroatoms. The van der Waals surface area contributed by atoms with Gasteiger partial charge >= 0.3 is 0 Å². The molecular weight excluding hydrogens is 500 g/mol. The van der Waals surface area contributed by atoms with Gasteiger partial charge in [-0.2, -0.15) is 0 Å². The van der Waals surface area contributed by atoms with Crippen LogP contribution in [0, 0.1) is 0 Å². The lowest BCUT2D eigenvalue weighted by Crippen LogP contribution is -1.99. The van der Waals surface area contributed by atoms with Crippen LogP contribution < -0.4 is 0 Å². The first-order valence-corrected chi connectivity index (χ1v) is 13.2. The Morgan fingerprint density at radius 3 is 1.56 bits per heavy atom. The molecule has 8 aromatic rings. The predicted octanol–water partition coefficient (Wildman–Crippen LogP) is 8.99. The van der Waals surface area contributed by atoms with E-state index in [0.29, 0.717) is 11.0 Å². The molecular formula is C34H21ClN4. The predicted molar refractivity (Wildman–Crippen MR) is 161 cm³/mol. The van der Waals surface area contributed by atoms with Crippen molar-refractivity contribution in [1.29, 1.82) is 0 Å². The lowest BCUT2D eigenvalue weighted by molar-refractivity contribution is 0.988. The van der Waals surface area contributed by atoms with E-state index in [-0.39, 0.29) is 0 Å². The monoisotopic (exact) mass is 520 g/mol. The molecule has 0 spiro atoms. The number of aromatic nitrogens is 4. The maximum Gasteiger partial charge on any atom is 0.234 e. The quantitative estimate of drug-likeness (QED) is 0.233. The van der Waals surface area contributed by atoms with Crippen molar-refractivity contribution in [1.82, 2.24) is 19.1 Å². The normalized spacial score (nSPS) is 11.7. The molecule has 39 heavy (non-hydrogen) atoms. The van der Waals surface area contributed by atoms with Crippen molar-refractivity contribution in [3.63, 3.8) is 0 Å². The molecule has 0 N–H and O–H groups in total. The molecule has 5 aromatic carbocycles. The van der Waals surface area contributed by atoms with E-state index in [1.807, 2.05) is 6.07 Å². The van der Waals surface area contributed by atoms with Crippen LogP contribution in [0.2, 0.25) is 5.02 Å². The highest BCUT2D eigenvalue weighted by Crippen LogP contribution is 2.37. The van der Waals surface area contributed by atoms with Gasteiger partial charge in [-0.1, -0.05) is 78.3 Å². The zero-order valence-electron chi connectivity index (χ0n) is 20.8. The minimum absolute atomic E-state index is 0.519. The molecule has 3 heterocycles. The number of hydrogen-bond acceptors (Lipinski definition) is 2. The fourth-order valence-corrected chi connectivity index (χ4v) is 5.89. The van der Waals surface area contributed by atoms with Gasteiger partial charge in [0.25, 0.3) is 0 Å². The molecule has 0 bridgehead atoms. The average Bonchev–Trinajstić information content (AvgIpc) is 3.50. The Morgan fingerprint density at radius 2 is 0.949 bits per heavy atom. The fraction of sp³-hybridized carbons (Fsp3) is 0. The number of rotatable bonds is 3. The van der Waals surface area contributed by atoms with Crippen molar-refractivity contribution in [2.75, 3.05) is 0 Å². The summed E-state index contributed by atoms with van der Waals surface area (Å²) in [5, 5.41) is 5.33. The molecule has 0 aliphatic heterocycles. The van der Waals surface area contributed by atoms with Gasteiger partial charge in [-0.25, -0.2) is 9.97 Å². The summed E-state index contributed by atoms with van der Waals surface area (Å²) in [6, 6.07) is 41.0. The van der Waals surface area contributed by atoms with Crippen molar-refractivity contribution < 1.29 is 0 Å². The molecule has 0 saturated heterocycles. The SMILES string of the molecule is Clc1cnc(-n2c3ccccc3c3cc(-c4ccc5c(c4)c4ccccc4n5-c4ccccc4)ccc32)nc1. The molecule has 0 atom stereocenters. The number of halogens is 1. The van der Waals surface area contributed by atoms with Crippen LogP contribution in [0.1, 0.15) is 0 Å². The first-order chi connectivity index (χ1) is 19.3. The first-order valence-electron chi connectivity index (χ1n) is 12.9. The lowest BCUT2D eigenvalue weighted by atomic mass is 10.0. The Balaban J connectivity index is 1.35. The van der Waals surface area contributed by atoms with Gasteiger partial charge in [-0.05, 0) is 59.7 Å². The van der Waals surface area contributed by atoms with E-state index in [0.717, 1.165) is 27.5 Å². The van der Waals surface area contributed by atoms with Crippen LogP contribution in [-0.2, 0) is 0 Å². The maximum atomic E-state index is 6.08. The van der Waals surface area contributed by atoms with E-state index in [9.17, 15) is 0 Å². The second kappa shape index (κ2) is 8.55. The Kier molecular flexibility index (Phi) is 4.84. The highest BCUT2D eigenvalue weighted by atomic mass is 35.5. The van der Waals surface area contributed by atoms with Crippen LogP contribution in [0.5, 0.6) is 0 Å². The van der Waals surface area contributed by atoms with Gasteiger partial charge in [-0.15, -0.1) is 0 Å². The number of nitrogens with zero attached hydrogens (tertiary/aromatic N) is 4. The van der Waals surface area contributed by atoms with E-state index in [4.69, 9.17) is 11.6 Å². The summed E-state index contributed by atoms with van der Waals surface area (Å²) in [7, 11) is 0. The van der Waals surface area contributed by atoms with Crippen LogP contribution in [0.25, 0.3) is 66.4 Å². The van der Waals surface area contributed by atoms with Gasteiger partial charge in [0.1, 0.15) is 0 Å². The maximum absolute atomic E-state index is 6.08. The number of hydrogen-bond donors (Lipinski definition) is 0. The summed E-state index contributed by atoms with van der Waals surface area (Å²) >= 11 is 6.08. The van der Waals surface area contributed by atoms with Gasteiger partial charge in [0.15, 0.2) is 0 Å². The molecule has 8 rings (SSSR count). The molecule has 4 nitrogen and oxygen atoms in total. The Morgan fingerprint density at radius 1 is 0.462 bits per heavy atom. The number of fused-ring (bicyclic) bond motifs is 6. The molecule has 0 aliphatic carbocycles. The van der Waals surface area contributed by atoms with E-state index in [1.54, 1.807) is 12.4 Å². The Hall–Kier alpha value is -4.93. The highest BCUT2D eigenvalue weighted by molar-refractivity contribution is 6.30. The van der Waals surface area contributed by atoms with Crippen molar-refractivity contribution in [2.24, 2.45) is 0 Å². The lowest BCUT2D eigenvalue weighted by Gasteiger charge is -2.08. The van der Waals surface area contributed by atoms with Gasteiger partial charge in [-0.3, -0.25) is 4.57 Å². The zero-order chi connectivity index (χ0) is 25.9. The standard InChI is InChI=1S/C34H21ClN4/c35-24-20-36-34(37-21-24)39-31-13-7-5-11-27(31)29-19-23(15-17-33(29)39)22-14-16-32-28(18-22)26-10-4-6-12-30(26)38(32)25-8-2-1-3-9-25/h1-21H. The molecule has 0 radical (unpaired) electrons. The van der Waals surface area contributed by atoms with Crippen LogP contribution in [0.3, 0.4) is 0 Å². The van der Waals surface area contributed by atoms with E-state index >= 15 is 0 Å². The topological polar surface area (TPSA) is 35.6 Å². The fourth-order valence-electron chi connectivity index (χ4n) is 5.80. The summed E-state index contributed by atoms with van der Waals surface area (Å²) in [4.78, 5) is 9.02. The van der Waals surface area contributed by atoms with Gasteiger partial charge in [0.05, 0.1) is 39.5 Å². The Bertz CT molecular complexity index is 2170. The van der Waals surface area contributed by atoms with Crippen LogP contribution in [0.4, 0.5) is 0 Å². The molecule has 184 valence electrons. The third kappa shape index (κ3) is 3.39. The van der Waals surface area contributed by atoms with E-state index in [1.165, 1.54) is 32.9 Å². The van der Waals surface area contributed by atoms with Crippen molar-refractivity contribution in [2.45, 2.75) is 0 Å². The van der Waals surface area contributed by atoms with Gasteiger partial charge in [0, 0.05) is 27.2 Å². The Labute approximate surface area is 229 Å². The second-order valence-electron chi connectivity index (χ2n) is 9.71. The van der Waals surface area contributed by atoms with E-state index in [2.05, 4.69) is 128 Å². The van der Waals surface area contributed by atoms with Crippen molar-refractivity contribution in [3.05, 3.63) is 133 Å². The van der Waals surface area contributed by atoms with Gasteiger partial charge < -0.3 is 4.57 Å². The molecule has 3 aromatic heterocycles. The number of para-hydroxylation sites is 3. The van der Waals surface area contributed by atoms with Crippen LogP contribution >= 0.6 is 11.6 Å². The minimum atomic E-state index is 0.519. The summed E-state index contributed by atoms with van der Waals surface area (Å²) in [6.07, 6.45) is 3.28. The summed E-state index contributed by atoms with van der Waals surface area (Å²) in [5.41, 5.74) is 8.04. The zero-order valence-corrected chi connectivity index (χ0v) is 21.5. The average molecular weight is 521 g/mol. The smallest absolute Gasteiger partial charge is 0.234 e. The molecule has 0 unspecified atom stereocenters. The largest absolute Gasteiger partial charge is 0.309 e. The van der Waals surface area contributed by atoms with Crippen LogP contribution in [0.15, 0.2) is 128 Å². The van der Waals surface area contributed by atoms with Crippen molar-refractivity contribution >= 4 is 55.2 Å². The van der Waals surface area contributed by atoms with Crippen molar-refractivity contribution in [3.8, 4) is 22.8 Å². The molecule has 0 saturated carbocycles. The minimum Gasteiger partial charge on any atom is -0.309 e. The van der Waals surface area contributed by atoms with Crippen LogP contribution in [-0.4, -0.2) is 19.1 Å². The number of benzene rings is 5. The molecule has 0 aliphatic rings. The third-order valence-corrected chi connectivity index (χ3v) is 7.69. The first kappa shape index (κ1) is 22.1. The second-order valence-corrected chi connectivity index (χ2v) is 10.1. The molecule has 0 fully saturated rings. The van der Waals surface area contributed by atoms with E-state index < -0.39 is 0 Å². The van der Waals surface area contributed by atoms with Gasteiger partial charge in [0.2, 0.25) is 5.95 Å².